The van der Waals surface area contributed by atoms with E-state index in [1.165, 1.54) is 9.91 Å². The Morgan fingerprint density at radius 2 is 1.92 bits per heavy atom. The highest BCUT2D eigenvalue weighted by atomic mass is 16.5. The minimum atomic E-state index is -0.759. The van der Waals surface area contributed by atoms with Crippen molar-refractivity contribution in [3.05, 3.63) is 59.7 Å². The Kier molecular flexibility index (Phi) is 8.62. The van der Waals surface area contributed by atoms with Crippen molar-refractivity contribution in [1.29, 1.82) is 0 Å². The number of carbonyl (C=O) groups excluding carboxylic acids is 3. The van der Waals surface area contributed by atoms with E-state index in [9.17, 15) is 19.5 Å². The average Bonchev–Trinajstić information content (AvgIpc) is 2.90. The molecule has 4 rings (SSSR count). The number of aromatic hydroxyl groups is 1. The summed E-state index contributed by atoms with van der Waals surface area (Å²) in [7, 11) is 0. The third kappa shape index (κ3) is 5.94. The number of benzene rings is 2. The van der Waals surface area contributed by atoms with E-state index in [2.05, 4.69) is 11.2 Å². The van der Waals surface area contributed by atoms with Gasteiger partial charge in [0, 0.05) is 13.1 Å². The summed E-state index contributed by atoms with van der Waals surface area (Å²) in [6, 6.07) is 13.4. The Hall–Kier alpha value is -4.23. The van der Waals surface area contributed by atoms with E-state index in [4.69, 9.17) is 11.2 Å². The van der Waals surface area contributed by atoms with Gasteiger partial charge in [-0.15, -0.1) is 6.42 Å². The monoisotopic (exact) mass is 533 g/mol. The van der Waals surface area contributed by atoms with Gasteiger partial charge in [-0.1, -0.05) is 56.2 Å². The number of hydrogen-bond acceptors (Lipinski definition) is 6. The molecule has 2 aromatic rings. The predicted octanol–water partition coefficient (Wildman–Crippen LogP) is 2.39. The number of rotatable bonds is 8. The zero-order valence-corrected chi connectivity index (χ0v) is 22.5. The predicted molar refractivity (Wildman–Crippen MR) is 145 cm³/mol. The van der Waals surface area contributed by atoms with E-state index in [1.807, 2.05) is 51.1 Å². The van der Waals surface area contributed by atoms with Gasteiger partial charge in [-0.05, 0) is 36.1 Å². The van der Waals surface area contributed by atoms with E-state index < -0.39 is 18.2 Å². The highest BCUT2D eigenvalue weighted by Gasteiger charge is 2.52. The van der Waals surface area contributed by atoms with Crippen LogP contribution in [0.4, 0.5) is 4.79 Å². The fraction of sp³-hybridized carbons (Fsp3) is 0.414. The van der Waals surface area contributed by atoms with E-state index in [1.54, 1.807) is 28.1 Å². The normalized spacial score (nSPS) is 19.6. The molecule has 0 aliphatic carbocycles. The number of nitrogens with one attached hydrogen (secondary N) is 1. The highest BCUT2D eigenvalue weighted by Crippen LogP contribution is 2.32. The lowest BCUT2D eigenvalue weighted by molar-refractivity contribution is -0.192. The van der Waals surface area contributed by atoms with Crippen LogP contribution in [0.15, 0.2) is 48.5 Å². The number of piperazine rings is 1. The number of phenols is 1. The number of carbonyl (C=O) groups is 3. The van der Waals surface area contributed by atoms with Gasteiger partial charge in [0.25, 0.3) is 0 Å². The highest BCUT2D eigenvalue weighted by molar-refractivity contribution is 5.91. The second-order valence-electron chi connectivity index (χ2n) is 9.94. The average molecular weight is 534 g/mol. The molecule has 2 aliphatic rings. The molecule has 2 N–H and O–H groups in total. The van der Waals surface area contributed by atoms with Crippen molar-refractivity contribution in [3.63, 3.8) is 0 Å². The Morgan fingerprint density at radius 1 is 1.18 bits per heavy atom. The van der Waals surface area contributed by atoms with Crippen LogP contribution in [0.25, 0.3) is 0 Å². The van der Waals surface area contributed by atoms with Crippen LogP contribution in [0.2, 0.25) is 0 Å². The van der Waals surface area contributed by atoms with Gasteiger partial charge in [0.1, 0.15) is 12.2 Å². The molecule has 39 heavy (non-hydrogen) atoms. The van der Waals surface area contributed by atoms with Crippen LogP contribution >= 0.6 is 0 Å². The minimum absolute atomic E-state index is 0.0178. The number of urea groups is 1. The van der Waals surface area contributed by atoms with Gasteiger partial charge in [-0.3, -0.25) is 9.59 Å². The van der Waals surface area contributed by atoms with Crippen LogP contribution in [0.5, 0.6) is 11.5 Å². The first-order valence-electron chi connectivity index (χ1n) is 13.1. The molecule has 10 heteroatoms. The molecule has 0 aromatic heterocycles. The number of terminal acetylenes is 1. The summed E-state index contributed by atoms with van der Waals surface area (Å²) >= 11 is 0. The quantitative estimate of drug-likeness (QED) is 0.505. The molecule has 0 spiro atoms. The molecule has 10 nitrogen and oxygen atoms in total. The second-order valence-corrected chi connectivity index (χ2v) is 9.94. The molecular weight excluding hydrogens is 498 g/mol. The summed E-state index contributed by atoms with van der Waals surface area (Å²) < 4.78 is 5.42. The summed E-state index contributed by atoms with van der Waals surface area (Å²) in [6.45, 7) is 6.52. The summed E-state index contributed by atoms with van der Waals surface area (Å²) in [5, 5.41) is 16.3. The summed E-state index contributed by atoms with van der Waals surface area (Å²) in [6.07, 6.45) is 4.85. The zero-order chi connectivity index (χ0) is 28.1. The minimum Gasteiger partial charge on any atom is -0.504 e. The van der Waals surface area contributed by atoms with Gasteiger partial charge < -0.3 is 25.0 Å². The number of hydrogen-bond donors (Lipinski definition) is 2. The lowest BCUT2D eigenvalue weighted by Crippen LogP contribution is -2.77. The maximum absolute atomic E-state index is 13.7. The number of amides is 4. The third-order valence-corrected chi connectivity index (χ3v) is 6.86. The summed E-state index contributed by atoms with van der Waals surface area (Å²) in [5.41, 5.74) is 1.62. The number of nitrogens with zero attached hydrogens (tertiary/aromatic N) is 4. The van der Waals surface area contributed by atoms with E-state index in [0.717, 1.165) is 5.56 Å². The van der Waals surface area contributed by atoms with Gasteiger partial charge in [-0.25, -0.2) is 9.80 Å². The molecule has 2 aliphatic heterocycles. The first kappa shape index (κ1) is 27.8. The van der Waals surface area contributed by atoms with Crippen molar-refractivity contribution < 1.29 is 24.2 Å². The number of fused-ring (bicyclic) bond motifs is 1. The van der Waals surface area contributed by atoms with Crippen molar-refractivity contribution in [2.24, 2.45) is 5.92 Å². The Bertz CT molecular complexity index is 1240. The van der Waals surface area contributed by atoms with Crippen LogP contribution in [0.3, 0.4) is 0 Å². The number of phenolic OH excluding ortho intramolecular Hbond substituents is 1. The van der Waals surface area contributed by atoms with Crippen LogP contribution in [0, 0.1) is 18.3 Å². The molecule has 2 saturated heterocycles. The molecule has 0 radical (unpaired) electrons. The standard InChI is InChI=1S/C29H35N5O5/c1-5-14-32-19-26(36)33-25(34(32)29(38)30-16-21-10-8-7-9-11-21)18-31(28(37)27(33)20(3)4)17-22-12-13-24(39-6-2)23(35)15-22/h1,7-13,15,20,25,27,35H,6,14,16-19H2,2-4H3,(H,30,38)/t25-,27-/m0/s1. The summed E-state index contributed by atoms with van der Waals surface area (Å²) in [5.74, 6) is 2.22. The first-order chi connectivity index (χ1) is 18.7. The molecule has 2 fully saturated rings. The Labute approximate surface area is 229 Å². The largest absolute Gasteiger partial charge is 0.504 e. The van der Waals surface area contributed by atoms with Gasteiger partial charge in [0.15, 0.2) is 11.5 Å². The van der Waals surface area contributed by atoms with E-state index >= 15 is 0 Å². The summed E-state index contributed by atoms with van der Waals surface area (Å²) in [4.78, 5) is 43.8. The molecule has 4 amide bonds. The third-order valence-electron chi connectivity index (χ3n) is 6.86. The van der Waals surface area contributed by atoms with Gasteiger partial charge in [0.2, 0.25) is 11.8 Å². The topological polar surface area (TPSA) is 106 Å². The molecule has 2 aromatic carbocycles. The van der Waals surface area contributed by atoms with E-state index in [0.29, 0.717) is 24.5 Å². The smallest absolute Gasteiger partial charge is 0.334 e. The van der Waals surface area contributed by atoms with Crippen LogP contribution in [-0.2, 0) is 22.7 Å². The lowest BCUT2D eigenvalue weighted by atomic mass is 9.95. The van der Waals surface area contributed by atoms with Crippen molar-refractivity contribution in [3.8, 4) is 23.8 Å². The number of hydrazine groups is 1. The maximum atomic E-state index is 13.7. The van der Waals surface area contributed by atoms with Crippen molar-refractivity contribution in [2.45, 2.75) is 46.1 Å². The van der Waals surface area contributed by atoms with Gasteiger partial charge in [0.05, 0.1) is 26.2 Å². The van der Waals surface area contributed by atoms with Gasteiger partial charge in [-0.2, -0.15) is 5.01 Å². The lowest BCUT2D eigenvalue weighted by Gasteiger charge is -2.55. The van der Waals surface area contributed by atoms with Crippen LogP contribution in [-0.4, -0.2) is 81.2 Å². The zero-order valence-electron chi connectivity index (χ0n) is 22.5. The molecule has 0 bridgehead atoms. The molecule has 2 atom stereocenters. The van der Waals surface area contributed by atoms with Crippen molar-refractivity contribution in [2.75, 3.05) is 26.2 Å². The fourth-order valence-electron chi connectivity index (χ4n) is 5.15. The fourth-order valence-corrected chi connectivity index (χ4v) is 5.15. The van der Waals surface area contributed by atoms with Gasteiger partial charge >= 0.3 is 6.03 Å². The van der Waals surface area contributed by atoms with E-state index in [-0.39, 0.29) is 49.7 Å². The Morgan fingerprint density at radius 3 is 2.56 bits per heavy atom. The Balaban J connectivity index is 1.64. The van der Waals surface area contributed by atoms with Crippen LogP contribution in [0.1, 0.15) is 31.9 Å². The molecule has 0 saturated carbocycles. The van der Waals surface area contributed by atoms with Crippen molar-refractivity contribution >= 4 is 17.8 Å². The molecular formula is C29H35N5O5. The SMILES string of the molecule is C#CCN1CC(=O)N2[C@@H](C(C)C)C(=O)N(Cc3ccc(OCC)c(O)c3)C[C@@H]2N1C(=O)NCc1ccccc1. The first-order valence-corrected chi connectivity index (χ1v) is 13.1. The van der Waals surface area contributed by atoms with Crippen molar-refractivity contribution in [1.82, 2.24) is 25.1 Å². The second kappa shape index (κ2) is 12.1. The molecule has 2 heterocycles. The molecule has 0 unspecified atom stereocenters. The number of ether oxygens (including phenoxy) is 1. The van der Waals surface area contributed by atoms with Crippen LogP contribution < -0.4 is 10.1 Å². The molecule has 206 valence electrons. The maximum Gasteiger partial charge on any atom is 0.334 e.